The first-order chi connectivity index (χ1) is 11.4. The van der Waals surface area contributed by atoms with Crippen LogP contribution in [0.1, 0.15) is 22.8 Å². The van der Waals surface area contributed by atoms with Crippen LogP contribution in [0.15, 0.2) is 42.5 Å². The highest BCUT2D eigenvalue weighted by Gasteiger charge is 2.20. The van der Waals surface area contributed by atoms with Crippen LogP contribution in [0, 0.1) is 10.5 Å². The Bertz CT molecular complexity index is 743. The molecule has 0 fully saturated rings. The van der Waals surface area contributed by atoms with Crippen LogP contribution in [-0.4, -0.2) is 25.1 Å². The van der Waals surface area contributed by atoms with E-state index in [1.54, 1.807) is 36.4 Å². The second-order valence-electron chi connectivity index (χ2n) is 5.25. The summed E-state index contributed by atoms with van der Waals surface area (Å²) in [6.45, 7) is 3.44. The average molecular weight is 439 g/mol. The van der Waals surface area contributed by atoms with Crippen molar-refractivity contribution in [1.82, 2.24) is 0 Å². The summed E-state index contributed by atoms with van der Waals surface area (Å²) in [4.78, 5) is 24.3. The smallest absolute Gasteiger partial charge is 0.338 e. The van der Waals surface area contributed by atoms with Gasteiger partial charge in [0.15, 0.2) is 6.10 Å². The second-order valence-corrected chi connectivity index (χ2v) is 6.49. The van der Waals surface area contributed by atoms with Gasteiger partial charge in [-0.3, -0.25) is 4.79 Å². The Morgan fingerprint density at radius 1 is 1.12 bits per heavy atom. The Morgan fingerprint density at radius 2 is 1.79 bits per heavy atom. The summed E-state index contributed by atoms with van der Waals surface area (Å²) in [6.07, 6.45) is -0.929. The quantitative estimate of drug-likeness (QED) is 0.569. The first-order valence-corrected chi connectivity index (χ1v) is 8.40. The molecular formula is C18H18INO4. The Labute approximate surface area is 154 Å². The summed E-state index contributed by atoms with van der Waals surface area (Å²) in [5.41, 5.74) is 1.93. The number of carbonyl (C=O) groups is 2. The highest BCUT2D eigenvalue weighted by Crippen LogP contribution is 2.25. The van der Waals surface area contributed by atoms with Crippen molar-refractivity contribution in [3.63, 3.8) is 0 Å². The Morgan fingerprint density at radius 3 is 2.42 bits per heavy atom. The first-order valence-electron chi connectivity index (χ1n) is 7.32. The zero-order chi connectivity index (χ0) is 17.7. The molecule has 0 aliphatic heterocycles. The van der Waals surface area contributed by atoms with Crippen LogP contribution >= 0.6 is 22.6 Å². The molecule has 0 saturated heterocycles. The number of benzene rings is 2. The predicted octanol–water partition coefficient (Wildman–Crippen LogP) is 3.79. The lowest BCUT2D eigenvalue weighted by atomic mass is 10.2. The van der Waals surface area contributed by atoms with Gasteiger partial charge in [0.2, 0.25) is 0 Å². The number of methoxy groups -OCH3 is 1. The van der Waals surface area contributed by atoms with Crippen LogP contribution in [0.5, 0.6) is 5.75 Å². The van der Waals surface area contributed by atoms with Crippen LogP contribution in [0.25, 0.3) is 0 Å². The third-order valence-electron chi connectivity index (χ3n) is 3.35. The molecule has 0 heterocycles. The minimum absolute atomic E-state index is 0.406. The van der Waals surface area contributed by atoms with E-state index in [1.807, 2.05) is 13.0 Å². The van der Waals surface area contributed by atoms with E-state index in [2.05, 4.69) is 27.9 Å². The van der Waals surface area contributed by atoms with Crippen molar-refractivity contribution in [2.45, 2.75) is 20.0 Å². The third-order valence-corrected chi connectivity index (χ3v) is 4.06. The number of amides is 1. The van der Waals surface area contributed by atoms with Crippen molar-refractivity contribution in [2.75, 3.05) is 12.4 Å². The molecule has 0 aromatic heterocycles. The van der Waals surface area contributed by atoms with E-state index in [9.17, 15) is 9.59 Å². The molecule has 2 aromatic rings. The normalized spacial score (nSPS) is 11.5. The molecule has 1 unspecified atom stereocenters. The van der Waals surface area contributed by atoms with Crippen LogP contribution < -0.4 is 10.1 Å². The maximum atomic E-state index is 12.3. The highest BCUT2D eigenvalue weighted by molar-refractivity contribution is 14.1. The van der Waals surface area contributed by atoms with Crippen molar-refractivity contribution in [1.29, 1.82) is 0 Å². The molecule has 5 nitrogen and oxygen atoms in total. The lowest BCUT2D eigenvalue weighted by molar-refractivity contribution is -0.123. The van der Waals surface area contributed by atoms with Crippen molar-refractivity contribution < 1.29 is 19.1 Å². The number of hydrogen-bond acceptors (Lipinski definition) is 4. The number of aryl methyl sites for hydroxylation is 1. The van der Waals surface area contributed by atoms with Crippen LogP contribution in [-0.2, 0) is 9.53 Å². The fraction of sp³-hybridized carbons (Fsp3) is 0.222. The maximum Gasteiger partial charge on any atom is 0.338 e. The number of halogens is 1. The highest BCUT2D eigenvalue weighted by atomic mass is 127. The van der Waals surface area contributed by atoms with Gasteiger partial charge in [-0.25, -0.2) is 4.79 Å². The first kappa shape index (κ1) is 18.3. The molecule has 0 bridgehead atoms. The van der Waals surface area contributed by atoms with E-state index in [4.69, 9.17) is 9.47 Å². The van der Waals surface area contributed by atoms with E-state index < -0.39 is 18.0 Å². The molecule has 126 valence electrons. The summed E-state index contributed by atoms with van der Waals surface area (Å²) < 4.78 is 11.5. The average Bonchev–Trinajstić information content (AvgIpc) is 2.55. The molecule has 2 rings (SSSR count). The number of anilines is 1. The third kappa shape index (κ3) is 4.70. The molecule has 6 heteroatoms. The van der Waals surface area contributed by atoms with Crippen molar-refractivity contribution >= 4 is 40.2 Å². The lowest BCUT2D eigenvalue weighted by Gasteiger charge is -2.15. The fourth-order valence-electron chi connectivity index (χ4n) is 2.02. The number of nitrogens with one attached hydrogen (secondary N) is 1. The largest absolute Gasteiger partial charge is 0.495 e. The molecule has 0 saturated carbocycles. The molecule has 1 atom stereocenters. The van der Waals surface area contributed by atoms with Crippen molar-refractivity contribution in [2.24, 2.45) is 0 Å². The molecule has 0 aliphatic carbocycles. The number of rotatable bonds is 5. The van der Waals surface area contributed by atoms with E-state index in [1.165, 1.54) is 14.0 Å². The molecule has 0 radical (unpaired) electrons. The zero-order valence-electron chi connectivity index (χ0n) is 13.6. The number of carbonyl (C=O) groups excluding carboxylic acids is 2. The van der Waals surface area contributed by atoms with Crippen molar-refractivity contribution in [3.05, 3.63) is 57.2 Å². The number of ether oxygens (including phenoxy) is 2. The minimum atomic E-state index is -0.929. The zero-order valence-corrected chi connectivity index (χ0v) is 15.8. The van der Waals surface area contributed by atoms with Crippen LogP contribution in [0.3, 0.4) is 0 Å². The molecule has 0 spiro atoms. The maximum absolute atomic E-state index is 12.3. The van der Waals surface area contributed by atoms with E-state index in [0.717, 1.165) is 9.13 Å². The van der Waals surface area contributed by atoms with Gasteiger partial charge in [-0.15, -0.1) is 0 Å². The molecule has 2 aromatic carbocycles. The lowest BCUT2D eigenvalue weighted by Crippen LogP contribution is -2.30. The number of esters is 1. The van der Waals surface area contributed by atoms with E-state index in [-0.39, 0.29) is 0 Å². The fourth-order valence-corrected chi connectivity index (χ4v) is 2.38. The molecule has 1 N–H and O–H groups in total. The SMILES string of the molecule is COc1ccc(C)cc1NC(=O)C(C)OC(=O)c1ccc(I)cc1. The van der Waals surface area contributed by atoms with Crippen molar-refractivity contribution in [3.8, 4) is 5.75 Å². The molecule has 1 amide bonds. The van der Waals surface area contributed by atoms with Gasteiger partial charge in [0.1, 0.15) is 5.75 Å². The van der Waals surface area contributed by atoms with Gasteiger partial charge in [-0.1, -0.05) is 6.07 Å². The summed E-state index contributed by atoms with van der Waals surface area (Å²) in [6, 6.07) is 12.4. The van der Waals surface area contributed by atoms with Gasteiger partial charge in [0.25, 0.3) is 5.91 Å². The minimum Gasteiger partial charge on any atom is -0.495 e. The summed E-state index contributed by atoms with van der Waals surface area (Å²) in [5.74, 6) is -0.409. The van der Waals surface area contributed by atoms with Gasteiger partial charge >= 0.3 is 5.97 Å². The topological polar surface area (TPSA) is 64.6 Å². The standard InChI is InChI=1S/C18H18INO4/c1-11-4-9-16(23-3)15(10-11)20-17(21)12(2)24-18(22)13-5-7-14(19)8-6-13/h4-10,12H,1-3H3,(H,20,21). The van der Waals surface area contributed by atoms with Gasteiger partial charge < -0.3 is 14.8 Å². The van der Waals surface area contributed by atoms with Gasteiger partial charge in [0.05, 0.1) is 18.4 Å². The monoisotopic (exact) mass is 439 g/mol. The van der Waals surface area contributed by atoms with Gasteiger partial charge in [0, 0.05) is 3.57 Å². The van der Waals surface area contributed by atoms with Gasteiger partial charge in [-0.05, 0) is 78.4 Å². The molecule has 0 aliphatic rings. The molecule has 24 heavy (non-hydrogen) atoms. The Balaban J connectivity index is 2.03. The predicted molar refractivity (Wildman–Crippen MR) is 100 cm³/mol. The van der Waals surface area contributed by atoms with Crippen LogP contribution in [0.2, 0.25) is 0 Å². The van der Waals surface area contributed by atoms with Crippen LogP contribution in [0.4, 0.5) is 5.69 Å². The Hall–Kier alpha value is -2.09. The van der Waals surface area contributed by atoms with E-state index in [0.29, 0.717) is 17.0 Å². The van der Waals surface area contributed by atoms with Gasteiger partial charge in [-0.2, -0.15) is 0 Å². The summed E-state index contributed by atoms with van der Waals surface area (Å²) in [7, 11) is 1.53. The summed E-state index contributed by atoms with van der Waals surface area (Å²) in [5, 5.41) is 2.73. The second kappa shape index (κ2) is 8.14. The number of hydrogen-bond donors (Lipinski definition) is 1. The van der Waals surface area contributed by atoms with E-state index >= 15 is 0 Å². The molecular weight excluding hydrogens is 421 g/mol. The Kier molecular flexibility index (Phi) is 6.19. The summed E-state index contributed by atoms with van der Waals surface area (Å²) >= 11 is 2.15.